The zero-order chi connectivity index (χ0) is 19.0. The molecule has 0 saturated carbocycles. The van der Waals surface area contributed by atoms with Crippen LogP contribution in [-0.4, -0.2) is 38.9 Å². The number of anilines is 1. The van der Waals surface area contributed by atoms with Crippen molar-refractivity contribution >= 4 is 54.0 Å². The minimum atomic E-state index is 0.729. The summed E-state index contributed by atoms with van der Waals surface area (Å²) in [6.07, 6.45) is 1.59. The summed E-state index contributed by atoms with van der Waals surface area (Å²) < 4.78 is 2.03. The normalized spacial score (nSPS) is 11.0. The maximum atomic E-state index is 4.84. The fourth-order valence-corrected chi connectivity index (χ4v) is 4.36. The molecule has 0 aliphatic heterocycles. The first-order chi connectivity index (χ1) is 13.1. The summed E-state index contributed by atoms with van der Waals surface area (Å²) in [7, 11) is 1.93. The van der Waals surface area contributed by atoms with E-state index in [4.69, 9.17) is 4.98 Å². The Labute approximate surface area is 175 Å². The number of hydrogen-bond acceptors (Lipinski definition) is 4. The van der Waals surface area contributed by atoms with Crippen molar-refractivity contribution in [2.45, 2.75) is 6.92 Å². The number of benzene rings is 2. The van der Waals surface area contributed by atoms with Gasteiger partial charge in [0, 0.05) is 0 Å². The monoisotopic (exact) mass is 480 g/mol. The molecule has 6 heteroatoms. The molecule has 2 aromatic heterocycles. The van der Waals surface area contributed by atoms with Gasteiger partial charge < -0.3 is 0 Å². The molecule has 0 fully saturated rings. The van der Waals surface area contributed by atoms with E-state index in [-0.39, 0.29) is 0 Å². The summed E-state index contributed by atoms with van der Waals surface area (Å²) in [6.45, 7) is 2.10. The number of halogens is 1. The molecule has 1 atom stereocenters. The van der Waals surface area contributed by atoms with E-state index in [1.807, 2.05) is 19.2 Å². The van der Waals surface area contributed by atoms with Crippen LogP contribution in [0.2, 0.25) is 0 Å². The quantitative estimate of drug-likeness (QED) is 0.454. The van der Waals surface area contributed by atoms with Gasteiger partial charge in [0.05, 0.1) is 0 Å². The van der Waals surface area contributed by atoms with Crippen LogP contribution >= 0.6 is 15.9 Å². The van der Waals surface area contributed by atoms with Gasteiger partial charge in [-0.3, -0.25) is 0 Å². The van der Waals surface area contributed by atoms with Crippen molar-refractivity contribution in [3.63, 3.8) is 0 Å². The van der Waals surface area contributed by atoms with E-state index in [9.17, 15) is 0 Å². The molecule has 4 aromatic rings. The molecular formula is C21H18AsBrN4. The number of fused-ring (bicyclic) bond motifs is 1. The van der Waals surface area contributed by atoms with Crippen molar-refractivity contribution in [2.24, 2.45) is 0 Å². The molecule has 0 amide bonds. The first-order valence-corrected chi connectivity index (χ1v) is 10.5. The first kappa shape index (κ1) is 18.1. The number of rotatable bonds is 3. The van der Waals surface area contributed by atoms with Crippen LogP contribution in [0.15, 0.2) is 59.3 Å². The van der Waals surface area contributed by atoms with Crippen molar-refractivity contribution < 1.29 is 0 Å². The number of nitrogens with zero attached hydrogens (tertiary/aromatic N) is 3. The van der Waals surface area contributed by atoms with E-state index in [0.717, 1.165) is 48.1 Å². The Morgan fingerprint density at radius 1 is 1.00 bits per heavy atom. The number of hydrogen-bond donors (Lipinski definition) is 1. The summed E-state index contributed by atoms with van der Waals surface area (Å²) in [6, 6.07) is 16.8. The van der Waals surface area contributed by atoms with Crippen molar-refractivity contribution in [3.05, 3.63) is 64.9 Å². The molecule has 0 radical (unpaired) electrons. The molecule has 4 rings (SSSR count). The topological polar surface area (TPSA) is 50.7 Å². The summed E-state index contributed by atoms with van der Waals surface area (Å²) in [5.74, 6) is 0. The van der Waals surface area contributed by atoms with Gasteiger partial charge in [-0.1, -0.05) is 0 Å². The molecule has 0 aliphatic rings. The Morgan fingerprint density at radius 2 is 1.85 bits per heavy atom. The van der Waals surface area contributed by atoms with E-state index in [1.165, 1.54) is 22.4 Å². The first-order valence-electron chi connectivity index (χ1n) is 8.53. The molecule has 27 heavy (non-hydrogen) atoms. The molecule has 1 unspecified atom stereocenters. The zero-order valence-corrected chi connectivity index (χ0v) is 19.0. The van der Waals surface area contributed by atoms with Crippen molar-refractivity contribution in [1.29, 1.82) is 0 Å². The number of aromatic nitrogens is 3. The maximum absolute atomic E-state index is 4.84. The number of nitrogens with one attached hydrogen (secondary N) is 1. The zero-order valence-electron chi connectivity index (χ0n) is 15.0. The predicted octanol–water partition coefficient (Wildman–Crippen LogP) is 3.73. The van der Waals surface area contributed by atoms with Gasteiger partial charge in [-0.2, -0.15) is 0 Å². The molecule has 0 saturated heterocycles. The summed E-state index contributed by atoms with van der Waals surface area (Å²) in [5.41, 5.74) is 7.24. The summed E-state index contributed by atoms with van der Waals surface area (Å²) in [5, 5.41) is 4.23. The third-order valence-electron chi connectivity index (χ3n) is 4.56. The van der Waals surface area contributed by atoms with Crippen molar-refractivity contribution in [3.8, 4) is 22.4 Å². The molecule has 2 heterocycles. The van der Waals surface area contributed by atoms with Crippen LogP contribution in [-0.2, 0) is 0 Å². The molecule has 0 bridgehead atoms. The predicted molar refractivity (Wildman–Crippen MR) is 118 cm³/mol. The van der Waals surface area contributed by atoms with Crippen LogP contribution in [0.3, 0.4) is 0 Å². The Morgan fingerprint density at radius 3 is 2.59 bits per heavy atom. The van der Waals surface area contributed by atoms with Gasteiger partial charge >= 0.3 is 176 Å². The number of pyridine rings is 1. The average molecular weight is 481 g/mol. The second kappa shape index (κ2) is 7.41. The molecule has 4 nitrogen and oxygen atoms in total. The Kier molecular flexibility index (Phi) is 4.98. The van der Waals surface area contributed by atoms with E-state index < -0.39 is 0 Å². The van der Waals surface area contributed by atoms with E-state index in [2.05, 4.69) is 74.5 Å². The molecule has 2 aromatic carbocycles. The second-order valence-corrected chi connectivity index (χ2v) is 8.37. The van der Waals surface area contributed by atoms with Crippen LogP contribution in [0.4, 0.5) is 5.69 Å². The van der Waals surface area contributed by atoms with Gasteiger partial charge in [-0.15, -0.1) is 0 Å². The molecule has 134 valence electrons. The Hall–Kier alpha value is -2.23. The van der Waals surface area contributed by atoms with Gasteiger partial charge in [0.15, 0.2) is 0 Å². The minimum absolute atomic E-state index is 0.729. The van der Waals surface area contributed by atoms with E-state index in [0.29, 0.717) is 0 Å². The van der Waals surface area contributed by atoms with Gasteiger partial charge in [0.2, 0.25) is 0 Å². The van der Waals surface area contributed by atoms with Crippen LogP contribution < -0.4 is 9.80 Å². The van der Waals surface area contributed by atoms with Crippen LogP contribution in [0.1, 0.15) is 5.56 Å². The fraction of sp³-hybridized carbons (Fsp3) is 0.0952. The molecule has 0 aliphatic carbocycles. The molecular weight excluding hydrogens is 463 g/mol. The van der Waals surface area contributed by atoms with Gasteiger partial charge in [-0.05, 0) is 0 Å². The van der Waals surface area contributed by atoms with Gasteiger partial charge in [0.1, 0.15) is 0 Å². The van der Waals surface area contributed by atoms with E-state index in [1.54, 1.807) is 6.33 Å². The van der Waals surface area contributed by atoms with E-state index >= 15 is 0 Å². The van der Waals surface area contributed by atoms with Gasteiger partial charge in [0.25, 0.3) is 0 Å². The molecule has 0 spiro atoms. The standard InChI is InChI=1S/C21H18AsBrN4/c1-12-8-14(6-7-17(12)24-2)18-10-16(13-4-3-5-15(23)9-13)19-20(22)25-11-26-21(19)27-18/h3-11,24H,22H2,1-2H3. The SMILES string of the molecule is CNc1ccc(-c2cc(-c3cccc(Br)c3)c3c([AsH2])ncnc3n2)cc1C. The summed E-state index contributed by atoms with van der Waals surface area (Å²) >= 11 is 5.06. The molecule has 1 N–H and O–H groups in total. The van der Waals surface area contributed by atoms with Crippen LogP contribution in [0.25, 0.3) is 33.4 Å². The van der Waals surface area contributed by atoms with Crippen LogP contribution in [0, 0.1) is 6.92 Å². The fourth-order valence-electron chi connectivity index (χ4n) is 3.22. The Balaban J connectivity index is 2.00. The Bertz CT molecular complexity index is 1160. The summed E-state index contributed by atoms with van der Waals surface area (Å²) in [4.78, 5) is 13.7. The third kappa shape index (κ3) is 3.49. The van der Waals surface area contributed by atoms with Crippen molar-refractivity contribution in [2.75, 3.05) is 12.4 Å². The van der Waals surface area contributed by atoms with Gasteiger partial charge in [-0.25, -0.2) is 0 Å². The number of aryl methyl sites for hydroxylation is 1. The second-order valence-electron chi connectivity index (χ2n) is 6.30. The third-order valence-corrected chi connectivity index (χ3v) is 5.97. The van der Waals surface area contributed by atoms with Crippen LogP contribution in [0.5, 0.6) is 0 Å². The average Bonchev–Trinajstić information content (AvgIpc) is 2.67. The van der Waals surface area contributed by atoms with Crippen molar-refractivity contribution in [1.82, 2.24) is 15.0 Å².